The molecule has 0 spiro atoms. The standard InChI is InChI=1S/C16H22N2O2/c1-19-11-12-20-10-9-16(13-17,18-15-7-8-15)14-5-3-2-4-6-14/h2-6,15,18H,7-12H2,1H3. The minimum atomic E-state index is -0.643. The van der Waals surface area contributed by atoms with Gasteiger partial charge in [-0.25, -0.2) is 0 Å². The van der Waals surface area contributed by atoms with E-state index in [0.717, 1.165) is 18.4 Å². The van der Waals surface area contributed by atoms with Crippen LogP contribution in [0.25, 0.3) is 0 Å². The van der Waals surface area contributed by atoms with Crippen LogP contribution < -0.4 is 5.32 Å². The summed E-state index contributed by atoms with van der Waals surface area (Å²) in [6, 6.07) is 12.9. The number of benzene rings is 1. The Morgan fingerprint density at radius 2 is 2.00 bits per heavy atom. The first-order valence-corrected chi connectivity index (χ1v) is 7.12. The van der Waals surface area contributed by atoms with Gasteiger partial charge in [-0.2, -0.15) is 5.26 Å². The molecule has 0 saturated heterocycles. The number of rotatable bonds is 9. The highest BCUT2D eigenvalue weighted by atomic mass is 16.5. The molecular formula is C16H22N2O2. The largest absolute Gasteiger partial charge is 0.382 e. The van der Waals surface area contributed by atoms with E-state index in [1.807, 2.05) is 30.3 Å². The second-order valence-corrected chi connectivity index (χ2v) is 5.16. The lowest BCUT2D eigenvalue weighted by Gasteiger charge is -2.28. The van der Waals surface area contributed by atoms with Gasteiger partial charge in [-0.15, -0.1) is 0 Å². The van der Waals surface area contributed by atoms with Gasteiger partial charge in [0.1, 0.15) is 5.54 Å². The zero-order valence-electron chi connectivity index (χ0n) is 12.0. The summed E-state index contributed by atoms with van der Waals surface area (Å²) in [6.07, 6.45) is 2.95. The van der Waals surface area contributed by atoms with Crippen molar-refractivity contribution >= 4 is 0 Å². The van der Waals surface area contributed by atoms with Gasteiger partial charge >= 0.3 is 0 Å². The molecule has 4 heteroatoms. The van der Waals surface area contributed by atoms with E-state index in [-0.39, 0.29) is 0 Å². The Kier molecular flexibility index (Phi) is 5.54. The Balaban J connectivity index is 2.01. The van der Waals surface area contributed by atoms with Crippen LogP contribution in [0.5, 0.6) is 0 Å². The van der Waals surface area contributed by atoms with Crippen LogP contribution in [0, 0.1) is 11.3 Å². The average Bonchev–Trinajstić information content (AvgIpc) is 3.30. The Morgan fingerprint density at radius 1 is 1.25 bits per heavy atom. The minimum Gasteiger partial charge on any atom is -0.382 e. The molecular weight excluding hydrogens is 252 g/mol. The Labute approximate surface area is 120 Å². The molecule has 1 aromatic rings. The molecule has 0 heterocycles. The molecule has 1 unspecified atom stereocenters. The molecule has 0 amide bonds. The normalized spacial score (nSPS) is 17.4. The molecule has 0 aliphatic heterocycles. The van der Waals surface area contributed by atoms with Gasteiger partial charge in [0, 0.05) is 26.2 Å². The molecule has 1 N–H and O–H groups in total. The van der Waals surface area contributed by atoms with Gasteiger partial charge < -0.3 is 9.47 Å². The summed E-state index contributed by atoms with van der Waals surface area (Å²) >= 11 is 0. The van der Waals surface area contributed by atoms with E-state index in [4.69, 9.17) is 9.47 Å². The molecule has 1 saturated carbocycles. The van der Waals surface area contributed by atoms with Gasteiger partial charge in [0.05, 0.1) is 19.3 Å². The second kappa shape index (κ2) is 7.39. The minimum absolute atomic E-state index is 0.467. The molecule has 4 nitrogen and oxygen atoms in total. The van der Waals surface area contributed by atoms with Crippen molar-refractivity contribution in [3.8, 4) is 6.07 Å². The van der Waals surface area contributed by atoms with Crippen LogP contribution >= 0.6 is 0 Å². The average molecular weight is 274 g/mol. The summed E-state index contributed by atoms with van der Waals surface area (Å²) in [4.78, 5) is 0. The van der Waals surface area contributed by atoms with Crippen molar-refractivity contribution in [3.63, 3.8) is 0 Å². The van der Waals surface area contributed by atoms with E-state index in [9.17, 15) is 5.26 Å². The maximum atomic E-state index is 9.72. The highest BCUT2D eigenvalue weighted by Gasteiger charge is 2.37. The van der Waals surface area contributed by atoms with Gasteiger partial charge in [-0.3, -0.25) is 5.32 Å². The predicted octanol–water partition coefficient (Wildman–Crippen LogP) is 2.21. The molecule has 2 rings (SSSR count). The van der Waals surface area contributed by atoms with Crippen LogP contribution in [0.3, 0.4) is 0 Å². The Morgan fingerprint density at radius 3 is 2.60 bits per heavy atom. The molecule has 1 fully saturated rings. The van der Waals surface area contributed by atoms with Crippen molar-refractivity contribution in [1.82, 2.24) is 5.32 Å². The molecule has 0 radical (unpaired) electrons. The van der Waals surface area contributed by atoms with Crippen molar-refractivity contribution in [3.05, 3.63) is 35.9 Å². The third-order valence-corrected chi connectivity index (χ3v) is 3.54. The number of nitrogens with one attached hydrogen (secondary N) is 1. The van der Waals surface area contributed by atoms with E-state index in [1.165, 1.54) is 0 Å². The lowest BCUT2D eigenvalue weighted by molar-refractivity contribution is 0.0616. The number of nitrogens with zero attached hydrogens (tertiary/aromatic N) is 1. The van der Waals surface area contributed by atoms with Crippen molar-refractivity contribution in [2.75, 3.05) is 26.9 Å². The van der Waals surface area contributed by atoms with Gasteiger partial charge in [0.15, 0.2) is 0 Å². The van der Waals surface area contributed by atoms with Gasteiger partial charge in [-0.1, -0.05) is 30.3 Å². The first-order chi connectivity index (χ1) is 9.80. The van der Waals surface area contributed by atoms with Crippen LogP contribution in [0.15, 0.2) is 30.3 Å². The lowest BCUT2D eigenvalue weighted by Crippen LogP contribution is -2.43. The number of hydrogen-bond acceptors (Lipinski definition) is 4. The highest BCUT2D eigenvalue weighted by Crippen LogP contribution is 2.30. The summed E-state index contributed by atoms with van der Waals surface area (Å²) in [6.45, 7) is 1.70. The van der Waals surface area contributed by atoms with Gasteiger partial charge in [-0.05, 0) is 18.4 Å². The maximum Gasteiger partial charge on any atom is 0.134 e. The number of methoxy groups -OCH3 is 1. The maximum absolute atomic E-state index is 9.72. The quantitative estimate of drug-likeness (QED) is 0.701. The number of nitriles is 1. The SMILES string of the molecule is COCCOCCC(C#N)(NC1CC1)c1ccccc1. The highest BCUT2D eigenvalue weighted by molar-refractivity contribution is 5.32. The predicted molar refractivity (Wildman–Crippen MR) is 77.2 cm³/mol. The Hall–Kier alpha value is -1.41. The van der Waals surface area contributed by atoms with Crippen molar-refractivity contribution in [2.24, 2.45) is 0 Å². The third kappa shape index (κ3) is 4.04. The smallest absolute Gasteiger partial charge is 0.134 e. The Bertz CT molecular complexity index is 440. The fourth-order valence-corrected chi connectivity index (χ4v) is 2.22. The molecule has 1 atom stereocenters. The third-order valence-electron chi connectivity index (χ3n) is 3.54. The fraction of sp³-hybridized carbons (Fsp3) is 0.562. The first kappa shape index (κ1) is 15.0. The number of ether oxygens (including phenoxy) is 2. The van der Waals surface area contributed by atoms with E-state index >= 15 is 0 Å². The van der Waals surface area contributed by atoms with Crippen LogP contribution in [-0.2, 0) is 15.0 Å². The molecule has 0 bridgehead atoms. The van der Waals surface area contributed by atoms with Gasteiger partial charge in [0.25, 0.3) is 0 Å². The van der Waals surface area contributed by atoms with Crippen LogP contribution in [-0.4, -0.2) is 33.0 Å². The summed E-state index contributed by atoms with van der Waals surface area (Å²) in [7, 11) is 1.65. The lowest BCUT2D eigenvalue weighted by atomic mass is 9.88. The number of hydrogen-bond donors (Lipinski definition) is 1. The van der Waals surface area contributed by atoms with Crippen molar-refractivity contribution in [2.45, 2.75) is 30.8 Å². The van der Waals surface area contributed by atoms with E-state index in [0.29, 0.717) is 32.3 Å². The van der Waals surface area contributed by atoms with Crippen molar-refractivity contribution in [1.29, 1.82) is 5.26 Å². The molecule has 0 aromatic heterocycles. The monoisotopic (exact) mass is 274 g/mol. The van der Waals surface area contributed by atoms with Gasteiger partial charge in [0.2, 0.25) is 0 Å². The fourth-order valence-electron chi connectivity index (χ4n) is 2.22. The molecule has 1 aromatic carbocycles. The molecule has 1 aliphatic carbocycles. The van der Waals surface area contributed by atoms with E-state index in [1.54, 1.807) is 7.11 Å². The summed E-state index contributed by atoms with van der Waals surface area (Å²) < 4.78 is 10.5. The zero-order chi connectivity index (χ0) is 14.3. The second-order valence-electron chi connectivity index (χ2n) is 5.16. The zero-order valence-corrected chi connectivity index (χ0v) is 12.0. The van der Waals surface area contributed by atoms with Crippen LogP contribution in [0.4, 0.5) is 0 Å². The topological polar surface area (TPSA) is 54.3 Å². The van der Waals surface area contributed by atoms with E-state index < -0.39 is 5.54 Å². The molecule has 1 aliphatic rings. The van der Waals surface area contributed by atoms with E-state index in [2.05, 4.69) is 11.4 Å². The van der Waals surface area contributed by atoms with Crippen molar-refractivity contribution < 1.29 is 9.47 Å². The molecule has 20 heavy (non-hydrogen) atoms. The summed E-state index contributed by atoms with van der Waals surface area (Å²) in [5.74, 6) is 0. The summed E-state index contributed by atoms with van der Waals surface area (Å²) in [5.41, 5.74) is 0.375. The van der Waals surface area contributed by atoms with Crippen LogP contribution in [0.2, 0.25) is 0 Å². The summed E-state index contributed by atoms with van der Waals surface area (Å²) in [5, 5.41) is 13.2. The molecule has 108 valence electrons. The van der Waals surface area contributed by atoms with Crippen LogP contribution in [0.1, 0.15) is 24.8 Å². The first-order valence-electron chi connectivity index (χ1n) is 7.12.